The lowest BCUT2D eigenvalue weighted by molar-refractivity contribution is -0.137. The minimum atomic E-state index is -0.798. The Morgan fingerprint density at radius 2 is 1.88 bits per heavy atom. The first-order chi connectivity index (χ1) is 7.93. The van der Waals surface area contributed by atoms with Crippen LogP contribution in [0.4, 0.5) is 0 Å². The Morgan fingerprint density at radius 1 is 1.35 bits per heavy atom. The predicted molar refractivity (Wildman–Crippen MR) is 74.0 cm³/mol. The Labute approximate surface area is 115 Å². The molecule has 94 valence electrons. The third-order valence-corrected chi connectivity index (χ3v) is 4.59. The van der Waals surface area contributed by atoms with Crippen LogP contribution in [-0.4, -0.2) is 16.3 Å². The van der Waals surface area contributed by atoms with Gasteiger partial charge in [-0.1, -0.05) is 43.1 Å². The van der Waals surface area contributed by atoms with Gasteiger partial charge in [0, 0.05) is 15.8 Å². The van der Waals surface area contributed by atoms with Crippen LogP contribution in [0.5, 0.6) is 0 Å². The molecule has 0 saturated heterocycles. The van der Waals surface area contributed by atoms with Gasteiger partial charge in [0.15, 0.2) is 0 Å². The molecule has 1 unspecified atom stereocenters. The molecule has 0 saturated carbocycles. The Morgan fingerprint density at radius 3 is 2.29 bits per heavy atom. The summed E-state index contributed by atoms with van der Waals surface area (Å²) in [5.74, 6) is -0.222. The third kappa shape index (κ3) is 4.09. The van der Waals surface area contributed by atoms with Crippen molar-refractivity contribution in [3.63, 3.8) is 0 Å². The molecule has 0 radical (unpaired) electrons. The highest BCUT2D eigenvalue weighted by atomic mass is 35.5. The molecular formula is C12H14Cl2O2S. The molecule has 0 fully saturated rings. The van der Waals surface area contributed by atoms with Crippen molar-refractivity contribution < 1.29 is 9.90 Å². The lowest BCUT2D eigenvalue weighted by atomic mass is 10.1. The smallest absolute Gasteiger partial charge is 0.316 e. The second-order valence-corrected chi connectivity index (χ2v) is 5.96. The van der Waals surface area contributed by atoms with Crippen LogP contribution in [0.2, 0.25) is 10.0 Å². The fraction of sp³-hybridized carbons (Fsp3) is 0.417. The second-order valence-electron chi connectivity index (χ2n) is 4.01. The standard InChI is InChI=1S/C12H14Cl2O2S/c1-7(2)11(12(15)16)17-6-8-9(13)4-3-5-10(8)14/h3-5,7,11H,6H2,1-2H3,(H,15,16). The lowest BCUT2D eigenvalue weighted by Gasteiger charge is -2.16. The Hall–Kier alpha value is -0.380. The summed E-state index contributed by atoms with van der Waals surface area (Å²) in [6.45, 7) is 3.78. The van der Waals surface area contributed by atoms with Crippen molar-refractivity contribution in [3.05, 3.63) is 33.8 Å². The largest absolute Gasteiger partial charge is 0.480 e. The highest BCUT2D eigenvalue weighted by molar-refractivity contribution is 7.99. The van der Waals surface area contributed by atoms with Gasteiger partial charge >= 0.3 is 5.97 Å². The van der Waals surface area contributed by atoms with Crippen molar-refractivity contribution in [2.24, 2.45) is 5.92 Å². The number of carboxylic acids is 1. The van der Waals surface area contributed by atoms with Crippen molar-refractivity contribution in [2.45, 2.75) is 24.9 Å². The predicted octanol–water partition coefficient (Wildman–Crippen LogP) is 4.34. The Bertz CT molecular complexity index is 387. The monoisotopic (exact) mass is 292 g/mol. The van der Waals surface area contributed by atoms with E-state index in [1.54, 1.807) is 18.2 Å². The van der Waals surface area contributed by atoms with E-state index in [-0.39, 0.29) is 5.92 Å². The molecule has 1 N–H and O–H groups in total. The van der Waals surface area contributed by atoms with Gasteiger partial charge in [-0.3, -0.25) is 4.79 Å². The lowest BCUT2D eigenvalue weighted by Crippen LogP contribution is -2.22. The van der Waals surface area contributed by atoms with E-state index in [1.807, 2.05) is 13.8 Å². The van der Waals surface area contributed by atoms with Crippen molar-refractivity contribution in [3.8, 4) is 0 Å². The maximum absolute atomic E-state index is 11.0. The third-order valence-electron chi connectivity index (χ3n) is 2.32. The fourth-order valence-electron chi connectivity index (χ4n) is 1.39. The summed E-state index contributed by atoms with van der Waals surface area (Å²) in [6.07, 6.45) is 0. The van der Waals surface area contributed by atoms with Gasteiger partial charge < -0.3 is 5.11 Å². The first-order valence-corrected chi connectivity index (χ1v) is 7.01. The maximum atomic E-state index is 11.0. The van der Waals surface area contributed by atoms with E-state index in [0.29, 0.717) is 15.8 Å². The van der Waals surface area contributed by atoms with Crippen molar-refractivity contribution >= 4 is 40.9 Å². The molecular weight excluding hydrogens is 279 g/mol. The Kier molecular flexibility index (Phi) is 5.63. The van der Waals surface area contributed by atoms with E-state index in [4.69, 9.17) is 28.3 Å². The molecule has 2 nitrogen and oxygen atoms in total. The minimum absolute atomic E-state index is 0.0683. The van der Waals surface area contributed by atoms with E-state index in [0.717, 1.165) is 5.56 Å². The summed E-state index contributed by atoms with van der Waals surface area (Å²) < 4.78 is 0. The number of carboxylic acid groups (broad SMARTS) is 1. The van der Waals surface area contributed by atoms with Crippen LogP contribution < -0.4 is 0 Å². The molecule has 17 heavy (non-hydrogen) atoms. The molecule has 1 aromatic carbocycles. The number of benzene rings is 1. The molecule has 0 amide bonds. The zero-order valence-electron chi connectivity index (χ0n) is 9.61. The number of rotatable bonds is 5. The van der Waals surface area contributed by atoms with E-state index in [1.165, 1.54) is 11.8 Å². The normalized spacial score (nSPS) is 12.8. The van der Waals surface area contributed by atoms with Crippen LogP contribution in [0.25, 0.3) is 0 Å². The number of aliphatic carboxylic acids is 1. The number of halogens is 2. The molecule has 0 heterocycles. The molecule has 0 aliphatic carbocycles. The molecule has 1 atom stereocenters. The van der Waals surface area contributed by atoms with E-state index in [2.05, 4.69) is 0 Å². The molecule has 0 spiro atoms. The van der Waals surface area contributed by atoms with Crippen molar-refractivity contribution in [2.75, 3.05) is 0 Å². The molecule has 1 aromatic rings. The van der Waals surface area contributed by atoms with Gasteiger partial charge in [-0.05, 0) is 23.6 Å². The van der Waals surface area contributed by atoms with Crippen LogP contribution in [-0.2, 0) is 10.5 Å². The van der Waals surface area contributed by atoms with Gasteiger partial charge in [0.25, 0.3) is 0 Å². The van der Waals surface area contributed by atoms with Gasteiger partial charge in [0.2, 0.25) is 0 Å². The van der Waals surface area contributed by atoms with Crippen LogP contribution in [0, 0.1) is 5.92 Å². The summed E-state index contributed by atoms with van der Waals surface area (Å²) in [5.41, 5.74) is 0.799. The highest BCUT2D eigenvalue weighted by Crippen LogP contribution is 2.31. The zero-order valence-corrected chi connectivity index (χ0v) is 11.9. The maximum Gasteiger partial charge on any atom is 0.316 e. The Balaban J connectivity index is 2.75. The number of hydrogen-bond acceptors (Lipinski definition) is 2. The van der Waals surface area contributed by atoms with E-state index >= 15 is 0 Å². The van der Waals surface area contributed by atoms with Crippen LogP contribution >= 0.6 is 35.0 Å². The molecule has 0 aromatic heterocycles. The molecule has 5 heteroatoms. The SMILES string of the molecule is CC(C)C(SCc1c(Cl)cccc1Cl)C(=O)O. The molecule has 1 rings (SSSR count). The molecule has 0 aliphatic rings. The number of hydrogen-bond donors (Lipinski definition) is 1. The number of carbonyl (C=O) groups is 1. The van der Waals surface area contributed by atoms with Crippen LogP contribution in [0.1, 0.15) is 19.4 Å². The number of thioether (sulfide) groups is 1. The second kappa shape index (κ2) is 6.53. The summed E-state index contributed by atoms with van der Waals surface area (Å²) in [6, 6.07) is 5.29. The van der Waals surface area contributed by atoms with Crippen molar-refractivity contribution in [1.82, 2.24) is 0 Å². The first-order valence-electron chi connectivity index (χ1n) is 5.20. The van der Waals surface area contributed by atoms with Gasteiger partial charge in [-0.25, -0.2) is 0 Å². The van der Waals surface area contributed by atoms with E-state index < -0.39 is 11.2 Å². The molecule has 0 bridgehead atoms. The first kappa shape index (κ1) is 14.7. The summed E-state index contributed by atoms with van der Waals surface area (Å²) in [4.78, 5) is 11.0. The summed E-state index contributed by atoms with van der Waals surface area (Å²) in [7, 11) is 0. The topological polar surface area (TPSA) is 37.3 Å². The van der Waals surface area contributed by atoms with Crippen LogP contribution in [0.15, 0.2) is 18.2 Å². The van der Waals surface area contributed by atoms with Gasteiger partial charge in [0.05, 0.1) is 0 Å². The van der Waals surface area contributed by atoms with Gasteiger partial charge in [-0.2, -0.15) is 0 Å². The minimum Gasteiger partial charge on any atom is -0.480 e. The van der Waals surface area contributed by atoms with E-state index in [9.17, 15) is 4.79 Å². The summed E-state index contributed by atoms with van der Waals surface area (Å²) in [5, 5.41) is 9.79. The van der Waals surface area contributed by atoms with Crippen LogP contribution in [0.3, 0.4) is 0 Å². The average molecular weight is 293 g/mol. The average Bonchev–Trinajstić information content (AvgIpc) is 2.21. The summed E-state index contributed by atoms with van der Waals surface area (Å²) >= 11 is 13.4. The zero-order chi connectivity index (χ0) is 13.0. The fourth-order valence-corrected chi connectivity index (χ4v) is 3.27. The molecule has 0 aliphatic heterocycles. The highest BCUT2D eigenvalue weighted by Gasteiger charge is 2.22. The van der Waals surface area contributed by atoms with Gasteiger partial charge in [0.1, 0.15) is 5.25 Å². The van der Waals surface area contributed by atoms with Crippen molar-refractivity contribution in [1.29, 1.82) is 0 Å². The quantitative estimate of drug-likeness (QED) is 0.877. The van der Waals surface area contributed by atoms with Gasteiger partial charge in [-0.15, -0.1) is 11.8 Å².